The zero-order valence-corrected chi connectivity index (χ0v) is 51.6. The first-order chi connectivity index (χ1) is 40.4. The summed E-state index contributed by atoms with van der Waals surface area (Å²) < 4.78 is 16.9. The Kier molecular flexibility index (Phi) is 10.5. The number of anilines is 5. The smallest absolute Gasteiger partial charge is 0.333 e. The minimum absolute atomic E-state index is 0.0271. The van der Waals surface area contributed by atoms with Gasteiger partial charge in [-0.3, -0.25) is 0 Å². The van der Waals surface area contributed by atoms with Gasteiger partial charge in [0.2, 0.25) is 0 Å². The molecule has 6 heteroatoms. The molecule has 0 unspecified atom stereocenters. The molecule has 0 N–H and O–H groups in total. The summed E-state index contributed by atoms with van der Waals surface area (Å²) in [7, 11) is 0. The fourth-order valence-corrected chi connectivity index (χ4v) is 14.9. The molecule has 418 valence electrons. The third-order valence-corrected chi connectivity index (χ3v) is 19.6. The zero-order chi connectivity index (χ0) is 58.8. The van der Waals surface area contributed by atoms with E-state index in [4.69, 9.17) is 8.83 Å². The van der Waals surface area contributed by atoms with Crippen LogP contribution in [-0.4, -0.2) is 11.4 Å². The van der Waals surface area contributed by atoms with E-state index in [0.29, 0.717) is 0 Å². The SMILES string of the molecule is CC(C)(C)c1ccc(N2B3c4cc5oc6ccccc6c5cc4-n4c5ccc(C(C)(C)C)cc5c5c6oc7ccccc7c6c(c3c54)-c3cc4c(cc32)C(C)(C)c2ccc(N(c3ccc(C(C)(C)C)cc3)c3ccc(C(C)(C)C)cc3)cc2-4)cc1. The second kappa shape index (κ2) is 17.2. The average Bonchev–Trinajstić information content (AvgIpc) is 1.58. The molecule has 0 saturated heterocycles. The van der Waals surface area contributed by atoms with Crippen molar-refractivity contribution >= 4 is 112 Å². The van der Waals surface area contributed by atoms with Crippen molar-refractivity contribution in [3.63, 3.8) is 0 Å². The van der Waals surface area contributed by atoms with E-state index >= 15 is 0 Å². The summed E-state index contributed by atoms with van der Waals surface area (Å²) in [5.41, 5.74) is 27.7. The predicted molar refractivity (Wildman–Crippen MR) is 361 cm³/mol. The maximum Gasteiger partial charge on any atom is 0.333 e. The average molecular weight is 1110 g/mol. The number of nitrogens with zero attached hydrogens (tertiary/aromatic N) is 3. The van der Waals surface area contributed by atoms with Gasteiger partial charge in [-0.1, -0.05) is 182 Å². The van der Waals surface area contributed by atoms with Crippen LogP contribution in [0.1, 0.15) is 130 Å². The monoisotopic (exact) mass is 1110 g/mol. The van der Waals surface area contributed by atoms with Gasteiger partial charge in [0, 0.05) is 72.0 Å². The Morgan fingerprint density at radius 1 is 0.424 bits per heavy atom. The normalized spacial score (nSPS) is 14.5. The van der Waals surface area contributed by atoms with E-state index < -0.39 is 0 Å². The first-order valence-corrected chi connectivity index (χ1v) is 30.6. The number of para-hydroxylation sites is 2. The highest BCUT2D eigenvalue weighted by atomic mass is 16.3. The lowest BCUT2D eigenvalue weighted by Crippen LogP contribution is -2.60. The Bertz CT molecular complexity index is 4940. The molecule has 16 rings (SSSR count). The number of rotatable bonds is 4. The summed E-state index contributed by atoms with van der Waals surface area (Å²) in [6.07, 6.45) is 0. The van der Waals surface area contributed by atoms with Crippen LogP contribution in [0.4, 0.5) is 28.4 Å². The first-order valence-electron chi connectivity index (χ1n) is 30.6. The van der Waals surface area contributed by atoms with Crippen LogP contribution in [0, 0.1) is 0 Å². The van der Waals surface area contributed by atoms with Gasteiger partial charge in [0.25, 0.3) is 0 Å². The molecule has 0 spiro atoms. The lowest BCUT2D eigenvalue weighted by molar-refractivity contribution is 0.590. The number of hydrogen-bond donors (Lipinski definition) is 0. The maximum atomic E-state index is 7.43. The van der Waals surface area contributed by atoms with E-state index in [9.17, 15) is 0 Å². The van der Waals surface area contributed by atoms with E-state index in [2.05, 4.69) is 293 Å². The quantitative estimate of drug-likeness (QED) is 0.165. The van der Waals surface area contributed by atoms with Gasteiger partial charge in [-0.2, -0.15) is 0 Å². The molecule has 0 saturated carbocycles. The number of hydrogen-bond acceptors (Lipinski definition) is 4. The van der Waals surface area contributed by atoms with Crippen molar-refractivity contribution < 1.29 is 8.83 Å². The lowest BCUT2D eigenvalue weighted by Gasteiger charge is -2.43. The fraction of sp³-hybridized carbons (Fsp3) is 0.241. The molecular formula is C79H72BN3O2. The molecule has 5 nitrogen and oxygen atoms in total. The highest BCUT2D eigenvalue weighted by Gasteiger charge is 2.48. The van der Waals surface area contributed by atoms with Crippen molar-refractivity contribution in [3.05, 3.63) is 215 Å². The largest absolute Gasteiger partial charge is 0.456 e. The highest BCUT2D eigenvalue weighted by Crippen LogP contribution is 2.58. The van der Waals surface area contributed by atoms with Crippen LogP contribution >= 0.6 is 0 Å². The van der Waals surface area contributed by atoms with Crippen molar-refractivity contribution in [2.75, 3.05) is 9.71 Å². The van der Waals surface area contributed by atoms with E-state index in [1.807, 2.05) is 0 Å². The Labute approximate surface area is 499 Å². The Morgan fingerprint density at radius 2 is 0.976 bits per heavy atom. The van der Waals surface area contributed by atoms with Crippen LogP contribution in [0.15, 0.2) is 191 Å². The minimum Gasteiger partial charge on any atom is -0.456 e. The third-order valence-electron chi connectivity index (χ3n) is 19.6. The van der Waals surface area contributed by atoms with Crippen LogP contribution < -0.4 is 20.6 Å². The van der Waals surface area contributed by atoms with Gasteiger partial charge in [0.15, 0.2) is 0 Å². The molecule has 0 radical (unpaired) electrons. The van der Waals surface area contributed by atoms with Gasteiger partial charge in [-0.15, -0.1) is 0 Å². The zero-order valence-electron chi connectivity index (χ0n) is 51.6. The van der Waals surface area contributed by atoms with Gasteiger partial charge >= 0.3 is 6.85 Å². The number of fused-ring (bicyclic) bond motifs is 19. The van der Waals surface area contributed by atoms with Crippen LogP contribution in [0.5, 0.6) is 0 Å². The summed E-state index contributed by atoms with van der Waals surface area (Å²) in [6, 6.07) is 69.6. The molecule has 1 aliphatic carbocycles. The molecule has 0 bridgehead atoms. The lowest BCUT2D eigenvalue weighted by atomic mass is 9.43. The molecular weight excluding hydrogens is 1030 g/mol. The Balaban J connectivity index is 1.03. The molecule has 13 aromatic rings. The van der Waals surface area contributed by atoms with Gasteiger partial charge in [-0.05, 0) is 180 Å². The molecule has 2 aliphatic heterocycles. The number of furan rings is 2. The summed E-state index contributed by atoms with van der Waals surface area (Å²) in [5.74, 6) is 0. The predicted octanol–water partition coefficient (Wildman–Crippen LogP) is 20.8. The molecule has 0 atom stereocenters. The molecule has 10 aromatic carbocycles. The third kappa shape index (κ3) is 7.42. The molecule has 0 amide bonds. The molecule has 85 heavy (non-hydrogen) atoms. The summed E-state index contributed by atoms with van der Waals surface area (Å²) in [6.45, 7) is 32.3. The van der Waals surface area contributed by atoms with Crippen molar-refractivity contribution in [2.45, 2.75) is 124 Å². The topological polar surface area (TPSA) is 37.7 Å². The molecule has 3 aromatic heterocycles. The van der Waals surface area contributed by atoms with E-state index in [0.717, 1.165) is 77.7 Å². The number of benzene rings is 10. The first kappa shape index (κ1) is 51.9. The molecule has 3 aliphatic rings. The van der Waals surface area contributed by atoms with Crippen LogP contribution in [0.2, 0.25) is 0 Å². The van der Waals surface area contributed by atoms with Crippen LogP contribution in [0.3, 0.4) is 0 Å². The second-order valence-corrected chi connectivity index (χ2v) is 29.4. The van der Waals surface area contributed by atoms with Crippen molar-refractivity contribution in [1.29, 1.82) is 0 Å². The van der Waals surface area contributed by atoms with Crippen molar-refractivity contribution in [3.8, 4) is 27.9 Å². The summed E-state index contributed by atoms with van der Waals surface area (Å²) >= 11 is 0. The number of aromatic nitrogens is 1. The van der Waals surface area contributed by atoms with Gasteiger partial charge in [-0.25, -0.2) is 0 Å². The minimum atomic E-state index is -0.336. The van der Waals surface area contributed by atoms with Gasteiger partial charge < -0.3 is 23.1 Å². The van der Waals surface area contributed by atoms with Gasteiger partial charge in [0.05, 0.1) is 16.4 Å². The standard InChI is InChI=1S/C79H72BN3O2/c1-75(2,3)45-23-30-49(31-24-45)81(50-32-25-46(26-33-50)76(4,5)6)52-36-37-60-55(40-52)56-41-59-64(43-61(56)79(60,13)14)83(51-34-27-47(28-35-51)77(7,8)9)80-62-44-68-57(53-19-15-17-21-66(53)84-68)42-65(62)82-63-38-29-48(78(10,11)12)39-58(63)71-73(82)72(80)69(59)70-54-20-16-18-22-67(54)85-74(70)71/h15-44H,1-14H3. The van der Waals surface area contributed by atoms with Crippen LogP contribution in [0.25, 0.3) is 93.6 Å². The summed E-state index contributed by atoms with van der Waals surface area (Å²) in [5, 5.41) is 6.88. The van der Waals surface area contributed by atoms with Gasteiger partial charge in [0.1, 0.15) is 22.3 Å². The molecule has 5 heterocycles. The fourth-order valence-electron chi connectivity index (χ4n) is 14.9. The Hall–Kier alpha value is -8.74. The van der Waals surface area contributed by atoms with Crippen molar-refractivity contribution in [2.24, 2.45) is 0 Å². The van der Waals surface area contributed by atoms with Crippen molar-refractivity contribution in [1.82, 2.24) is 4.57 Å². The Morgan fingerprint density at radius 3 is 1.60 bits per heavy atom. The van der Waals surface area contributed by atoms with E-state index in [-0.39, 0.29) is 33.9 Å². The highest BCUT2D eigenvalue weighted by molar-refractivity contribution is 6.94. The van der Waals surface area contributed by atoms with E-state index in [1.54, 1.807) is 0 Å². The maximum absolute atomic E-state index is 7.43. The molecule has 0 fully saturated rings. The van der Waals surface area contributed by atoms with Crippen LogP contribution in [-0.2, 0) is 27.1 Å². The summed E-state index contributed by atoms with van der Waals surface area (Å²) in [4.78, 5) is 5.15. The van der Waals surface area contributed by atoms with E-state index in [1.165, 1.54) is 88.7 Å². The second-order valence-electron chi connectivity index (χ2n) is 29.4.